The summed E-state index contributed by atoms with van der Waals surface area (Å²) in [5.41, 5.74) is 6.16. The van der Waals surface area contributed by atoms with Crippen LogP contribution in [-0.2, 0) is 0 Å². The van der Waals surface area contributed by atoms with Crippen molar-refractivity contribution in [2.45, 2.75) is 6.36 Å². The van der Waals surface area contributed by atoms with Crippen LogP contribution in [0.5, 0.6) is 5.75 Å². The van der Waals surface area contributed by atoms with Gasteiger partial charge in [-0.3, -0.25) is 0 Å². The Labute approximate surface area is 107 Å². The molecule has 0 unspecified atom stereocenters. The highest BCUT2D eigenvalue weighted by Gasteiger charge is 2.32. The fraction of sp³-hybridized carbons (Fsp3) is 0.0833. The van der Waals surface area contributed by atoms with Gasteiger partial charge in [0.1, 0.15) is 5.82 Å². The Morgan fingerprint density at radius 3 is 2.58 bits per heavy atom. The zero-order chi connectivity index (χ0) is 13.9. The van der Waals surface area contributed by atoms with E-state index in [0.29, 0.717) is 11.5 Å². The molecule has 0 atom stereocenters. The number of rotatable bonds is 3. The Bertz CT molecular complexity index is 572. The number of nitrogen functional groups attached to an aromatic ring is 1. The SMILES string of the molecule is Nc1ccnc(Nc2ccccc2OC(F)(F)F)c1. The maximum atomic E-state index is 12.2. The molecule has 2 aromatic rings. The van der Waals surface area contributed by atoms with E-state index < -0.39 is 6.36 Å². The Morgan fingerprint density at radius 2 is 1.89 bits per heavy atom. The van der Waals surface area contributed by atoms with Gasteiger partial charge in [0, 0.05) is 18.0 Å². The van der Waals surface area contributed by atoms with E-state index in [9.17, 15) is 13.2 Å². The third-order valence-electron chi connectivity index (χ3n) is 2.16. The summed E-state index contributed by atoms with van der Waals surface area (Å²) >= 11 is 0. The second kappa shape index (κ2) is 5.05. The molecule has 0 fully saturated rings. The van der Waals surface area contributed by atoms with Gasteiger partial charge < -0.3 is 15.8 Å². The fourth-order valence-electron chi connectivity index (χ4n) is 1.44. The van der Waals surface area contributed by atoms with E-state index in [0.717, 1.165) is 0 Å². The molecule has 2 rings (SSSR count). The van der Waals surface area contributed by atoms with Gasteiger partial charge in [0.15, 0.2) is 5.75 Å². The highest BCUT2D eigenvalue weighted by atomic mass is 19.4. The Morgan fingerprint density at radius 1 is 1.16 bits per heavy atom. The number of para-hydroxylation sites is 2. The Hall–Kier alpha value is -2.44. The zero-order valence-electron chi connectivity index (χ0n) is 9.61. The van der Waals surface area contributed by atoms with Gasteiger partial charge in [-0.2, -0.15) is 0 Å². The number of pyridine rings is 1. The highest BCUT2D eigenvalue weighted by molar-refractivity contribution is 5.65. The number of benzene rings is 1. The maximum absolute atomic E-state index is 12.2. The molecule has 0 saturated carbocycles. The van der Waals surface area contributed by atoms with Crippen LogP contribution in [0.3, 0.4) is 0 Å². The number of nitrogens with one attached hydrogen (secondary N) is 1. The molecule has 1 aromatic carbocycles. The molecule has 3 N–H and O–H groups in total. The lowest BCUT2D eigenvalue weighted by atomic mass is 10.3. The summed E-state index contributed by atoms with van der Waals surface area (Å²) in [5, 5.41) is 2.72. The average molecular weight is 269 g/mol. The van der Waals surface area contributed by atoms with Crippen LogP contribution in [0.1, 0.15) is 0 Å². The van der Waals surface area contributed by atoms with Gasteiger partial charge in [0.2, 0.25) is 0 Å². The summed E-state index contributed by atoms with van der Waals surface area (Å²) in [4.78, 5) is 3.94. The van der Waals surface area contributed by atoms with Crippen LogP contribution in [0.25, 0.3) is 0 Å². The third-order valence-corrected chi connectivity index (χ3v) is 2.16. The van der Waals surface area contributed by atoms with E-state index in [1.165, 1.54) is 30.5 Å². The minimum Gasteiger partial charge on any atom is -0.404 e. The second-order valence-electron chi connectivity index (χ2n) is 3.64. The summed E-state index contributed by atoms with van der Waals surface area (Å²) in [6.45, 7) is 0. The van der Waals surface area contributed by atoms with E-state index in [1.807, 2.05) is 0 Å². The molecular weight excluding hydrogens is 259 g/mol. The van der Waals surface area contributed by atoms with Crippen LogP contribution in [0.4, 0.5) is 30.4 Å². The number of aromatic nitrogens is 1. The number of nitrogens with zero attached hydrogens (tertiary/aromatic N) is 1. The summed E-state index contributed by atoms with van der Waals surface area (Å²) < 4.78 is 40.6. The fourth-order valence-corrected chi connectivity index (χ4v) is 1.44. The second-order valence-corrected chi connectivity index (χ2v) is 3.64. The Kier molecular flexibility index (Phi) is 3.46. The molecule has 1 heterocycles. The van der Waals surface area contributed by atoms with Crippen LogP contribution in [0.15, 0.2) is 42.6 Å². The van der Waals surface area contributed by atoms with Crippen LogP contribution in [-0.4, -0.2) is 11.3 Å². The van der Waals surface area contributed by atoms with Gasteiger partial charge in [-0.05, 0) is 18.2 Å². The van der Waals surface area contributed by atoms with Crippen LogP contribution >= 0.6 is 0 Å². The van der Waals surface area contributed by atoms with Crippen LogP contribution < -0.4 is 15.8 Å². The van der Waals surface area contributed by atoms with Crippen molar-refractivity contribution >= 4 is 17.2 Å². The van der Waals surface area contributed by atoms with Crippen molar-refractivity contribution in [2.75, 3.05) is 11.1 Å². The standard InChI is InChI=1S/C12H10F3N3O/c13-12(14,15)19-10-4-2-1-3-9(10)18-11-7-8(16)5-6-17-11/h1-7H,(H3,16,17,18). The monoisotopic (exact) mass is 269 g/mol. The van der Waals surface area contributed by atoms with Gasteiger partial charge in [0.25, 0.3) is 0 Å². The quantitative estimate of drug-likeness (QED) is 0.897. The first-order chi connectivity index (χ1) is 8.94. The minimum atomic E-state index is -4.75. The third kappa shape index (κ3) is 3.77. The lowest BCUT2D eigenvalue weighted by molar-refractivity contribution is -0.274. The predicted molar refractivity (Wildman–Crippen MR) is 65.1 cm³/mol. The largest absolute Gasteiger partial charge is 0.573 e. The number of alkyl halides is 3. The van der Waals surface area contributed by atoms with E-state index in [2.05, 4.69) is 15.0 Å². The summed E-state index contributed by atoms with van der Waals surface area (Å²) in [6, 6.07) is 8.76. The number of anilines is 3. The number of hydrogen-bond donors (Lipinski definition) is 2. The van der Waals surface area contributed by atoms with Gasteiger partial charge in [-0.25, -0.2) is 4.98 Å². The first-order valence-electron chi connectivity index (χ1n) is 5.27. The summed E-state index contributed by atoms with van der Waals surface area (Å²) in [7, 11) is 0. The predicted octanol–water partition coefficient (Wildman–Crippen LogP) is 3.31. The molecule has 0 bridgehead atoms. The average Bonchev–Trinajstić information content (AvgIpc) is 2.30. The molecule has 0 spiro atoms. The van der Waals surface area contributed by atoms with Gasteiger partial charge >= 0.3 is 6.36 Å². The number of hydrogen-bond acceptors (Lipinski definition) is 4. The first kappa shape index (κ1) is 13.0. The molecule has 0 aliphatic rings. The van der Waals surface area contributed by atoms with E-state index >= 15 is 0 Å². The van der Waals surface area contributed by atoms with Crippen molar-refractivity contribution in [1.29, 1.82) is 0 Å². The van der Waals surface area contributed by atoms with E-state index in [-0.39, 0.29) is 11.4 Å². The molecule has 0 radical (unpaired) electrons. The molecule has 0 amide bonds. The van der Waals surface area contributed by atoms with Crippen molar-refractivity contribution in [1.82, 2.24) is 4.98 Å². The zero-order valence-corrected chi connectivity index (χ0v) is 9.61. The number of nitrogens with two attached hydrogens (primary N) is 1. The van der Waals surface area contributed by atoms with Crippen molar-refractivity contribution in [3.63, 3.8) is 0 Å². The Balaban J connectivity index is 2.25. The van der Waals surface area contributed by atoms with Crippen LogP contribution in [0.2, 0.25) is 0 Å². The van der Waals surface area contributed by atoms with Crippen LogP contribution in [0, 0.1) is 0 Å². The summed E-state index contributed by atoms with van der Waals surface area (Å²) in [5.74, 6) is -0.00236. The molecule has 4 nitrogen and oxygen atoms in total. The minimum absolute atomic E-state index is 0.151. The molecule has 1 aromatic heterocycles. The lowest BCUT2D eigenvalue weighted by Crippen LogP contribution is -2.17. The van der Waals surface area contributed by atoms with Crippen molar-refractivity contribution in [3.05, 3.63) is 42.6 Å². The molecule has 0 aliphatic carbocycles. The van der Waals surface area contributed by atoms with Crippen molar-refractivity contribution in [3.8, 4) is 5.75 Å². The molecule has 7 heteroatoms. The first-order valence-corrected chi connectivity index (χ1v) is 5.27. The van der Waals surface area contributed by atoms with Gasteiger partial charge in [-0.15, -0.1) is 13.2 Å². The molecule has 19 heavy (non-hydrogen) atoms. The lowest BCUT2D eigenvalue weighted by Gasteiger charge is -2.14. The van der Waals surface area contributed by atoms with Crippen molar-refractivity contribution in [2.24, 2.45) is 0 Å². The van der Waals surface area contributed by atoms with Gasteiger partial charge in [0.05, 0.1) is 5.69 Å². The topological polar surface area (TPSA) is 60.2 Å². The van der Waals surface area contributed by atoms with E-state index in [1.54, 1.807) is 12.1 Å². The van der Waals surface area contributed by atoms with Gasteiger partial charge in [-0.1, -0.05) is 12.1 Å². The molecule has 0 saturated heterocycles. The number of halogens is 3. The smallest absolute Gasteiger partial charge is 0.404 e. The molecule has 0 aliphatic heterocycles. The molecule has 100 valence electrons. The van der Waals surface area contributed by atoms with E-state index in [4.69, 9.17) is 5.73 Å². The highest BCUT2D eigenvalue weighted by Crippen LogP contribution is 2.31. The van der Waals surface area contributed by atoms with Crippen molar-refractivity contribution < 1.29 is 17.9 Å². The molecular formula is C12H10F3N3O. The summed E-state index contributed by atoms with van der Waals surface area (Å²) in [6.07, 6.45) is -3.30. The maximum Gasteiger partial charge on any atom is 0.573 e. The number of ether oxygens (including phenoxy) is 1. The normalized spacial score (nSPS) is 11.1.